The summed E-state index contributed by atoms with van der Waals surface area (Å²) in [5, 5.41) is 9.00. The fraction of sp³-hybridized carbons (Fsp3) is 0.467. The molecule has 6 heteroatoms. The van der Waals surface area contributed by atoms with Crippen LogP contribution in [-0.4, -0.2) is 35.9 Å². The summed E-state index contributed by atoms with van der Waals surface area (Å²) in [6.07, 6.45) is 0.469. The highest BCUT2D eigenvalue weighted by Crippen LogP contribution is 2.21. The second kappa shape index (κ2) is 7.47. The fourth-order valence-electron chi connectivity index (χ4n) is 2.21. The number of hydrogen-bond acceptors (Lipinski definition) is 4. The number of aryl methyl sites for hydroxylation is 1. The third-order valence-electron chi connectivity index (χ3n) is 3.26. The number of carbonyl (C=O) groups is 2. The summed E-state index contributed by atoms with van der Waals surface area (Å²) < 4.78 is 0. The first kappa shape index (κ1) is 15.9. The largest absolute Gasteiger partial charge is 0.326 e. The number of anilines is 2. The molecule has 5 nitrogen and oxygen atoms in total. The highest BCUT2D eigenvalue weighted by Gasteiger charge is 2.16. The molecule has 1 atom stereocenters. The van der Waals surface area contributed by atoms with Gasteiger partial charge in [-0.1, -0.05) is 6.07 Å². The molecule has 3 N–H and O–H groups in total. The van der Waals surface area contributed by atoms with E-state index >= 15 is 0 Å². The molecule has 1 aromatic rings. The molecular weight excluding hydrogens is 286 g/mol. The highest BCUT2D eigenvalue weighted by molar-refractivity contribution is 7.99. The molecule has 0 bridgehead atoms. The Morgan fingerprint density at radius 1 is 1.38 bits per heavy atom. The van der Waals surface area contributed by atoms with Crippen molar-refractivity contribution in [2.45, 2.75) is 26.3 Å². The average molecular weight is 307 g/mol. The van der Waals surface area contributed by atoms with E-state index in [1.54, 1.807) is 6.07 Å². The van der Waals surface area contributed by atoms with Crippen molar-refractivity contribution in [3.63, 3.8) is 0 Å². The molecule has 1 saturated heterocycles. The number of hydrogen-bond donors (Lipinski definition) is 3. The minimum Gasteiger partial charge on any atom is -0.326 e. The van der Waals surface area contributed by atoms with E-state index in [4.69, 9.17) is 0 Å². The van der Waals surface area contributed by atoms with E-state index in [9.17, 15) is 9.59 Å². The Hall–Kier alpha value is -1.53. The zero-order valence-electron chi connectivity index (χ0n) is 12.4. The van der Waals surface area contributed by atoms with Crippen molar-refractivity contribution in [1.29, 1.82) is 0 Å². The van der Waals surface area contributed by atoms with Crippen LogP contribution in [0.3, 0.4) is 0 Å². The summed E-state index contributed by atoms with van der Waals surface area (Å²) in [4.78, 5) is 23.2. The molecule has 0 aromatic heterocycles. The number of carbonyl (C=O) groups excluding carboxylic acids is 2. The Balaban J connectivity index is 1.95. The van der Waals surface area contributed by atoms with E-state index in [0.29, 0.717) is 12.1 Å². The van der Waals surface area contributed by atoms with E-state index in [-0.39, 0.29) is 17.9 Å². The minimum atomic E-state index is -0.120. The maximum absolute atomic E-state index is 12.1. The number of amides is 2. The molecule has 21 heavy (non-hydrogen) atoms. The Labute approximate surface area is 129 Å². The molecule has 1 aliphatic rings. The lowest BCUT2D eigenvalue weighted by atomic mass is 10.1. The topological polar surface area (TPSA) is 70.2 Å². The zero-order valence-corrected chi connectivity index (χ0v) is 13.2. The van der Waals surface area contributed by atoms with Gasteiger partial charge in [0.2, 0.25) is 11.8 Å². The van der Waals surface area contributed by atoms with Gasteiger partial charge >= 0.3 is 0 Å². The van der Waals surface area contributed by atoms with Crippen LogP contribution in [0, 0.1) is 6.92 Å². The lowest BCUT2D eigenvalue weighted by Crippen LogP contribution is -2.39. The normalized spacial score (nSPS) is 18.1. The molecule has 1 aromatic carbocycles. The van der Waals surface area contributed by atoms with Gasteiger partial charge in [0.25, 0.3) is 0 Å². The minimum absolute atomic E-state index is 0.00683. The van der Waals surface area contributed by atoms with Crippen LogP contribution in [0.5, 0.6) is 0 Å². The molecule has 1 fully saturated rings. The highest BCUT2D eigenvalue weighted by atomic mass is 32.2. The van der Waals surface area contributed by atoms with Crippen molar-refractivity contribution >= 4 is 35.0 Å². The van der Waals surface area contributed by atoms with Crippen molar-refractivity contribution in [1.82, 2.24) is 5.32 Å². The van der Waals surface area contributed by atoms with Crippen LogP contribution in [0.2, 0.25) is 0 Å². The second-order valence-corrected chi connectivity index (χ2v) is 6.34. The lowest BCUT2D eigenvalue weighted by molar-refractivity contribution is -0.116. The van der Waals surface area contributed by atoms with Gasteiger partial charge in [0.1, 0.15) is 0 Å². The zero-order chi connectivity index (χ0) is 15.2. The molecule has 2 rings (SSSR count). The Morgan fingerprint density at radius 3 is 2.86 bits per heavy atom. The summed E-state index contributed by atoms with van der Waals surface area (Å²) in [5.41, 5.74) is 2.40. The van der Waals surface area contributed by atoms with Crippen LogP contribution in [0.1, 0.15) is 18.9 Å². The van der Waals surface area contributed by atoms with E-state index in [1.807, 2.05) is 30.8 Å². The molecule has 0 aliphatic carbocycles. The van der Waals surface area contributed by atoms with Gasteiger partial charge in [-0.25, -0.2) is 0 Å². The maximum Gasteiger partial charge on any atom is 0.225 e. The third-order valence-corrected chi connectivity index (χ3v) is 4.39. The van der Waals surface area contributed by atoms with Crippen LogP contribution < -0.4 is 16.0 Å². The van der Waals surface area contributed by atoms with Gasteiger partial charge < -0.3 is 16.0 Å². The number of nitrogens with one attached hydrogen (secondary N) is 3. The van der Waals surface area contributed by atoms with Crippen LogP contribution in [0.4, 0.5) is 11.4 Å². The first-order valence-corrected chi connectivity index (χ1v) is 8.19. The molecular formula is C15H21N3O2S. The number of benzene rings is 1. The van der Waals surface area contributed by atoms with Crippen molar-refractivity contribution in [2.75, 3.05) is 28.7 Å². The summed E-state index contributed by atoms with van der Waals surface area (Å²) in [6.45, 7) is 4.34. The Kier molecular flexibility index (Phi) is 5.64. The van der Waals surface area contributed by atoms with E-state index in [0.717, 1.165) is 29.3 Å². The van der Waals surface area contributed by atoms with Gasteiger partial charge in [-0.05, 0) is 24.6 Å². The quantitative estimate of drug-likeness (QED) is 0.795. The van der Waals surface area contributed by atoms with E-state index in [2.05, 4.69) is 16.0 Å². The summed E-state index contributed by atoms with van der Waals surface area (Å²) in [6, 6.07) is 5.76. The van der Waals surface area contributed by atoms with Crippen molar-refractivity contribution < 1.29 is 9.59 Å². The van der Waals surface area contributed by atoms with Crippen LogP contribution in [0.25, 0.3) is 0 Å². The van der Waals surface area contributed by atoms with Gasteiger partial charge in [0, 0.05) is 48.8 Å². The van der Waals surface area contributed by atoms with Crippen molar-refractivity contribution in [3.05, 3.63) is 23.8 Å². The fourth-order valence-corrected chi connectivity index (χ4v) is 3.16. The van der Waals surface area contributed by atoms with Gasteiger partial charge in [-0.2, -0.15) is 11.8 Å². The second-order valence-electron chi connectivity index (χ2n) is 5.19. The van der Waals surface area contributed by atoms with E-state index < -0.39 is 0 Å². The number of thioether (sulfide) groups is 1. The molecule has 1 aliphatic heterocycles. The molecule has 1 unspecified atom stereocenters. The van der Waals surface area contributed by atoms with Gasteiger partial charge in [0.05, 0.1) is 0 Å². The summed E-state index contributed by atoms with van der Waals surface area (Å²) >= 11 is 1.87. The third kappa shape index (κ3) is 5.06. The standard InChI is InChI=1S/C15H21N3O2S/c1-10-3-4-12(7-14(10)17-11(2)19)18-15(20)8-13-9-21-6-5-16-13/h3-4,7,13,16H,5-6,8-9H2,1-2H3,(H,17,19)(H,18,20). The van der Waals surface area contributed by atoms with Gasteiger partial charge in [-0.15, -0.1) is 0 Å². The first-order valence-electron chi connectivity index (χ1n) is 7.04. The SMILES string of the molecule is CC(=O)Nc1cc(NC(=O)CC2CSCCN2)ccc1C. The van der Waals surface area contributed by atoms with Gasteiger partial charge in [0.15, 0.2) is 0 Å². The lowest BCUT2D eigenvalue weighted by Gasteiger charge is -2.22. The molecule has 2 amide bonds. The monoisotopic (exact) mass is 307 g/mol. The first-order chi connectivity index (χ1) is 10.0. The van der Waals surface area contributed by atoms with Crippen LogP contribution in [-0.2, 0) is 9.59 Å². The summed E-state index contributed by atoms with van der Waals surface area (Å²) in [7, 11) is 0. The van der Waals surface area contributed by atoms with Gasteiger partial charge in [-0.3, -0.25) is 9.59 Å². The Bertz CT molecular complexity index is 528. The molecule has 0 saturated carbocycles. The van der Waals surface area contributed by atoms with Crippen molar-refractivity contribution in [2.24, 2.45) is 0 Å². The van der Waals surface area contributed by atoms with E-state index in [1.165, 1.54) is 6.92 Å². The molecule has 114 valence electrons. The average Bonchev–Trinajstić information content (AvgIpc) is 2.43. The molecule has 0 radical (unpaired) electrons. The summed E-state index contributed by atoms with van der Waals surface area (Å²) in [5.74, 6) is 1.95. The maximum atomic E-state index is 12.1. The molecule has 0 spiro atoms. The predicted molar refractivity (Wildman–Crippen MR) is 87.8 cm³/mol. The predicted octanol–water partition coefficient (Wildman–Crippen LogP) is 1.99. The number of rotatable bonds is 4. The smallest absolute Gasteiger partial charge is 0.225 e. The van der Waals surface area contributed by atoms with Crippen LogP contribution in [0.15, 0.2) is 18.2 Å². The molecule has 1 heterocycles. The van der Waals surface area contributed by atoms with Crippen molar-refractivity contribution in [3.8, 4) is 0 Å². The Morgan fingerprint density at radius 2 is 2.19 bits per heavy atom. The van der Waals surface area contributed by atoms with Crippen LogP contribution >= 0.6 is 11.8 Å².